The summed E-state index contributed by atoms with van der Waals surface area (Å²) in [6, 6.07) is 3.63. The highest BCUT2D eigenvalue weighted by molar-refractivity contribution is 5.78. The molecule has 17 heavy (non-hydrogen) atoms. The smallest absolute Gasteiger partial charge is 0.234 e. The molecule has 7 heteroatoms. The number of hydrogen-bond donors (Lipinski definition) is 2. The standard InChI is InChI=1S/C10H15N5O2/c1-15-10(17-2)5-8(14-15)6-12-7-9(16)13-4-3-11/h5,12H,4,6-7H2,1-2H3,(H,13,16). The Hall–Kier alpha value is -2.07. The molecular weight excluding hydrogens is 222 g/mol. The first-order valence-electron chi connectivity index (χ1n) is 5.08. The Kier molecular flexibility index (Phi) is 4.97. The normalized spacial score (nSPS) is 9.71. The van der Waals surface area contributed by atoms with Crippen molar-refractivity contribution in [2.45, 2.75) is 6.54 Å². The van der Waals surface area contributed by atoms with Crippen molar-refractivity contribution < 1.29 is 9.53 Å². The van der Waals surface area contributed by atoms with Crippen LogP contribution in [0.15, 0.2) is 6.07 Å². The summed E-state index contributed by atoms with van der Waals surface area (Å²) in [6.45, 7) is 0.648. The Bertz CT molecular complexity index is 421. The molecule has 0 bridgehead atoms. The molecule has 0 aliphatic heterocycles. The molecule has 0 aliphatic carbocycles. The van der Waals surface area contributed by atoms with E-state index in [1.165, 1.54) is 0 Å². The molecule has 2 N–H and O–H groups in total. The van der Waals surface area contributed by atoms with Gasteiger partial charge < -0.3 is 15.4 Å². The number of ether oxygens (including phenoxy) is 1. The predicted octanol–water partition coefficient (Wildman–Crippen LogP) is -0.842. The minimum Gasteiger partial charge on any atom is -0.481 e. The van der Waals surface area contributed by atoms with Crippen molar-refractivity contribution in [2.75, 3.05) is 20.2 Å². The first-order valence-corrected chi connectivity index (χ1v) is 5.08. The van der Waals surface area contributed by atoms with E-state index in [0.29, 0.717) is 12.4 Å². The van der Waals surface area contributed by atoms with Crippen LogP contribution in [0.2, 0.25) is 0 Å². The molecule has 0 radical (unpaired) electrons. The summed E-state index contributed by atoms with van der Waals surface area (Å²) >= 11 is 0. The maximum atomic E-state index is 11.1. The molecule has 1 rings (SSSR count). The number of nitrogens with zero attached hydrogens (tertiary/aromatic N) is 3. The number of nitrogens with one attached hydrogen (secondary N) is 2. The second kappa shape index (κ2) is 6.50. The molecular formula is C10H15N5O2. The van der Waals surface area contributed by atoms with E-state index in [4.69, 9.17) is 10.00 Å². The van der Waals surface area contributed by atoms with E-state index in [2.05, 4.69) is 15.7 Å². The molecule has 0 saturated heterocycles. The van der Waals surface area contributed by atoms with E-state index in [1.54, 1.807) is 24.9 Å². The van der Waals surface area contributed by atoms with E-state index < -0.39 is 0 Å². The van der Waals surface area contributed by atoms with Crippen molar-refractivity contribution in [3.63, 3.8) is 0 Å². The van der Waals surface area contributed by atoms with Gasteiger partial charge in [0.15, 0.2) is 0 Å². The average molecular weight is 237 g/mol. The molecule has 0 fully saturated rings. The molecule has 0 aliphatic rings. The van der Waals surface area contributed by atoms with Gasteiger partial charge in [0.05, 0.1) is 25.4 Å². The summed E-state index contributed by atoms with van der Waals surface area (Å²) in [7, 11) is 3.35. The van der Waals surface area contributed by atoms with E-state index in [0.717, 1.165) is 5.69 Å². The molecule has 1 aromatic rings. The summed E-state index contributed by atoms with van der Waals surface area (Å²) in [5.41, 5.74) is 0.789. The van der Waals surface area contributed by atoms with Crippen LogP contribution in [-0.2, 0) is 18.4 Å². The highest BCUT2D eigenvalue weighted by atomic mass is 16.5. The number of aryl methyl sites for hydroxylation is 1. The third-order valence-electron chi connectivity index (χ3n) is 2.05. The van der Waals surface area contributed by atoms with Gasteiger partial charge in [0.1, 0.15) is 6.54 Å². The van der Waals surface area contributed by atoms with Crippen LogP contribution in [0, 0.1) is 11.3 Å². The third-order valence-corrected chi connectivity index (χ3v) is 2.05. The Labute approximate surface area is 99.4 Å². The fraction of sp³-hybridized carbons (Fsp3) is 0.500. The highest BCUT2D eigenvalue weighted by Crippen LogP contribution is 2.10. The van der Waals surface area contributed by atoms with Crippen LogP contribution in [0.1, 0.15) is 5.69 Å². The summed E-state index contributed by atoms with van der Waals surface area (Å²) < 4.78 is 6.68. The molecule has 0 aromatic carbocycles. The molecule has 0 saturated carbocycles. The lowest BCUT2D eigenvalue weighted by Gasteiger charge is -2.01. The van der Waals surface area contributed by atoms with Gasteiger partial charge in [-0.3, -0.25) is 4.79 Å². The fourth-order valence-electron chi connectivity index (χ4n) is 1.29. The minimum absolute atomic E-state index is 0.0257. The number of nitriles is 1. The highest BCUT2D eigenvalue weighted by Gasteiger charge is 2.05. The second-order valence-corrected chi connectivity index (χ2v) is 3.34. The van der Waals surface area contributed by atoms with E-state index in [-0.39, 0.29) is 19.0 Å². The van der Waals surface area contributed by atoms with Gasteiger partial charge in [-0.05, 0) is 0 Å². The Morgan fingerprint density at radius 1 is 1.71 bits per heavy atom. The van der Waals surface area contributed by atoms with Gasteiger partial charge in [-0.1, -0.05) is 0 Å². The van der Waals surface area contributed by atoms with Gasteiger partial charge in [-0.25, -0.2) is 4.68 Å². The van der Waals surface area contributed by atoms with E-state index >= 15 is 0 Å². The minimum atomic E-state index is -0.213. The van der Waals surface area contributed by atoms with Crippen LogP contribution in [0.5, 0.6) is 5.88 Å². The lowest BCUT2D eigenvalue weighted by molar-refractivity contribution is -0.120. The number of methoxy groups -OCH3 is 1. The number of carbonyl (C=O) groups excluding carboxylic acids is 1. The molecule has 0 unspecified atom stereocenters. The van der Waals surface area contributed by atoms with E-state index in [1.807, 2.05) is 6.07 Å². The van der Waals surface area contributed by atoms with Gasteiger partial charge in [-0.15, -0.1) is 0 Å². The third kappa shape index (κ3) is 4.12. The fourth-order valence-corrected chi connectivity index (χ4v) is 1.29. The van der Waals surface area contributed by atoms with E-state index in [9.17, 15) is 4.79 Å². The van der Waals surface area contributed by atoms with Gasteiger partial charge >= 0.3 is 0 Å². The van der Waals surface area contributed by atoms with Crippen LogP contribution in [-0.4, -0.2) is 35.9 Å². The second-order valence-electron chi connectivity index (χ2n) is 3.34. The van der Waals surface area contributed by atoms with Crippen molar-refractivity contribution >= 4 is 5.91 Å². The predicted molar refractivity (Wildman–Crippen MR) is 60.1 cm³/mol. The Morgan fingerprint density at radius 3 is 3.06 bits per heavy atom. The van der Waals surface area contributed by atoms with Crippen molar-refractivity contribution in [1.29, 1.82) is 5.26 Å². The van der Waals surface area contributed by atoms with Crippen molar-refractivity contribution in [1.82, 2.24) is 20.4 Å². The van der Waals surface area contributed by atoms with Gasteiger partial charge in [0.25, 0.3) is 0 Å². The number of aromatic nitrogens is 2. The van der Waals surface area contributed by atoms with Crippen LogP contribution in [0.4, 0.5) is 0 Å². The molecule has 7 nitrogen and oxygen atoms in total. The maximum Gasteiger partial charge on any atom is 0.234 e. The number of carbonyl (C=O) groups is 1. The molecule has 1 amide bonds. The van der Waals surface area contributed by atoms with Crippen molar-refractivity contribution in [3.8, 4) is 11.9 Å². The average Bonchev–Trinajstić information content (AvgIpc) is 2.67. The number of amides is 1. The Balaban J connectivity index is 2.31. The Morgan fingerprint density at radius 2 is 2.47 bits per heavy atom. The zero-order chi connectivity index (χ0) is 12.7. The first kappa shape index (κ1) is 13.0. The summed E-state index contributed by atoms with van der Waals surface area (Å²) in [6.07, 6.45) is 0. The quantitative estimate of drug-likeness (QED) is 0.629. The summed E-state index contributed by atoms with van der Waals surface area (Å²) in [5.74, 6) is 0.449. The van der Waals surface area contributed by atoms with Crippen LogP contribution in [0.25, 0.3) is 0 Å². The number of hydrogen-bond acceptors (Lipinski definition) is 5. The zero-order valence-electron chi connectivity index (χ0n) is 9.86. The summed E-state index contributed by atoms with van der Waals surface area (Å²) in [5, 5.41) is 17.8. The first-order chi connectivity index (χ1) is 8.17. The lowest BCUT2D eigenvalue weighted by atomic mass is 10.4. The van der Waals surface area contributed by atoms with Crippen molar-refractivity contribution in [2.24, 2.45) is 7.05 Å². The molecule has 1 heterocycles. The van der Waals surface area contributed by atoms with Crippen molar-refractivity contribution in [3.05, 3.63) is 11.8 Å². The van der Waals surface area contributed by atoms with Gasteiger partial charge in [0, 0.05) is 19.7 Å². The number of rotatable bonds is 6. The van der Waals surface area contributed by atoms with Crippen LogP contribution >= 0.6 is 0 Å². The lowest BCUT2D eigenvalue weighted by Crippen LogP contribution is -2.33. The van der Waals surface area contributed by atoms with Crippen LogP contribution < -0.4 is 15.4 Å². The zero-order valence-corrected chi connectivity index (χ0v) is 9.86. The molecule has 0 atom stereocenters. The van der Waals surface area contributed by atoms with Gasteiger partial charge in [-0.2, -0.15) is 10.4 Å². The monoisotopic (exact) mass is 237 g/mol. The molecule has 1 aromatic heterocycles. The maximum absolute atomic E-state index is 11.1. The SMILES string of the molecule is COc1cc(CNCC(=O)NCC#N)nn1C. The molecule has 92 valence electrons. The summed E-state index contributed by atoms with van der Waals surface area (Å²) in [4.78, 5) is 11.1. The van der Waals surface area contributed by atoms with Gasteiger partial charge in [0.2, 0.25) is 11.8 Å². The topological polar surface area (TPSA) is 92.0 Å². The van der Waals surface area contributed by atoms with Crippen LogP contribution in [0.3, 0.4) is 0 Å². The largest absolute Gasteiger partial charge is 0.481 e. The molecule has 0 spiro atoms.